The van der Waals surface area contributed by atoms with Crippen LogP contribution in [-0.2, 0) is 9.52 Å². The van der Waals surface area contributed by atoms with Gasteiger partial charge in [-0.3, -0.25) is 4.21 Å². The molecule has 0 aromatic carbocycles. The van der Waals surface area contributed by atoms with Crippen molar-refractivity contribution in [2.45, 2.75) is 40.5 Å². The Bertz CT molecular complexity index is 165. The molecular formula is C11H26OS2. The fraction of sp³-hybridized carbons (Fsp3) is 0.909. The zero-order chi connectivity index (χ0) is 11.4. The van der Waals surface area contributed by atoms with Crippen molar-refractivity contribution in [2.75, 3.05) is 23.0 Å². The maximum atomic E-state index is 10.5. The first-order valence-electron chi connectivity index (χ1n) is 5.61. The Kier molecular flexibility index (Phi) is 13.7. The lowest BCUT2D eigenvalue weighted by Gasteiger charge is -2.16. The molecule has 0 radical (unpaired) electrons. The summed E-state index contributed by atoms with van der Waals surface area (Å²) in [5, 5.41) is 0. The molecule has 1 nitrogen and oxygen atoms in total. The van der Waals surface area contributed by atoms with Gasteiger partial charge in [-0.2, -0.15) is 11.8 Å². The molecule has 0 bridgehead atoms. The molecule has 14 heavy (non-hydrogen) atoms. The fourth-order valence-electron chi connectivity index (χ4n) is 0.611. The van der Waals surface area contributed by atoms with E-state index in [4.69, 9.17) is 0 Å². The van der Waals surface area contributed by atoms with Gasteiger partial charge in [-0.15, -0.1) is 0 Å². The van der Waals surface area contributed by atoms with Crippen molar-refractivity contribution in [3.63, 3.8) is 0 Å². The second kappa shape index (κ2) is 11.4. The minimum absolute atomic E-state index is 0.868. The van der Waals surface area contributed by atoms with Crippen molar-refractivity contribution in [1.82, 2.24) is 0 Å². The van der Waals surface area contributed by atoms with E-state index in [1.54, 1.807) is 0 Å². The number of rotatable bonds is 0. The number of hydrogen-bond acceptors (Lipinski definition) is 2. The molecule has 2 rings (SSSR count). The first kappa shape index (κ1) is 16.8. The second-order valence-electron chi connectivity index (χ2n) is 2.69. The van der Waals surface area contributed by atoms with E-state index in [1.165, 1.54) is 17.9 Å². The predicted octanol–water partition coefficient (Wildman–Crippen LogP) is 3.28. The zero-order valence-corrected chi connectivity index (χ0v) is 11.8. The van der Waals surface area contributed by atoms with Crippen LogP contribution in [0.25, 0.3) is 0 Å². The SMILES string of the molecule is C1CSC1.C=S1(=O)CCC1.CC.CC. The molecule has 2 aliphatic heterocycles. The molecule has 3 heteroatoms. The van der Waals surface area contributed by atoms with Crippen LogP contribution in [-0.4, -0.2) is 33.1 Å². The van der Waals surface area contributed by atoms with Crippen LogP contribution < -0.4 is 0 Å². The van der Waals surface area contributed by atoms with Crippen LogP contribution in [0.2, 0.25) is 0 Å². The first-order valence-corrected chi connectivity index (χ1v) is 8.83. The van der Waals surface area contributed by atoms with Gasteiger partial charge in [0.15, 0.2) is 0 Å². The van der Waals surface area contributed by atoms with E-state index in [0.29, 0.717) is 0 Å². The summed E-state index contributed by atoms with van der Waals surface area (Å²) in [5.41, 5.74) is 0. The molecule has 0 N–H and O–H groups in total. The Hall–Kier alpha value is 0.370. The van der Waals surface area contributed by atoms with E-state index < -0.39 is 9.52 Å². The standard InChI is InChI=1S/C4H8OS.C3H6S.2C2H6/c1-6(5)3-2-4-6;1-2-4-3-1;2*1-2/h1-4H2;1-3H2;2*1-2H3. The molecule has 0 aliphatic carbocycles. The minimum Gasteiger partial charge on any atom is -0.268 e. The molecule has 0 spiro atoms. The topological polar surface area (TPSA) is 17.1 Å². The number of hydrogen-bond donors (Lipinski definition) is 0. The van der Waals surface area contributed by atoms with Crippen LogP contribution in [0, 0.1) is 0 Å². The van der Waals surface area contributed by atoms with Gasteiger partial charge < -0.3 is 0 Å². The summed E-state index contributed by atoms with van der Waals surface area (Å²) >= 11 is 2.04. The lowest BCUT2D eigenvalue weighted by atomic mass is 10.5. The molecule has 2 aliphatic rings. The second-order valence-corrected chi connectivity index (χ2v) is 6.67. The Balaban J connectivity index is 0. The summed E-state index contributed by atoms with van der Waals surface area (Å²) < 4.78 is 10.5. The van der Waals surface area contributed by atoms with Gasteiger partial charge in [0.25, 0.3) is 0 Å². The minimum atomic E-state index is -1.48. The average Bonchev–Trinajstić information content (AvgIpc) is 2.06. The van der Waals surface area contributed by atoms with E-state index in [9.17, 15) is 4.21 Å². The van der Waals surface area contributed by atoms with E-state index in [2.05, 4.69) is 5.87 Å². The smallest absolute Gasteiger partial charge is 0.0167 e. The van der Waals surface area contributed by atoms with Crippen LogP contribution >= 0.6 is 11.8 Å². The summed E-state index contributed by atoms with van der Waals surface area (Å²) in [6.07, 6.45) is 2.59. The quantitative estimate of drug-likeness (QED) is 0.603. The average molecular weight is 238 g/mol. The van der Waals surface area contributed by atoms with Crippen molar-refractivity contribution in [3.05, 3.63) is 0 Å². The van der Waals surface area contributed by atoms with Crippen molar-refractivity contribution < 1.29 is 4.21 Å². The molecule has 0 saturated carbocycles. The van der Waals surface area contributed by atoms with Crippen LogP contribution in [0.4, 0.5) is 0 Å². The fourth-order valence-corrected chi connectivity index (χ4v) is 1.83. The Morgan fingerprint density at radius 3 is 1.21 bits per heavy atom. The van der Waals surface area contributed by atoms with Gasteiger partial charge in [0.05, 0.1) is 0 Å². The van der Waals surface area contributed by atoms with Crippen molar-refractivity contribution >= 4 is 27.2 Å². The normalized spacial score (nSPS) is 20.0. The molecule has 0 atom stereocenters. The Labute approximate surface area is 95.1 Å². The molecule has 2 saturated heterocycles. The monoisotopic (exact) mass is 238 g/mol. The number of thioether (sulfide) groups is 1. The molecule has 2 heterocycles. The molecule has 0 amide bonds. The maximum Gasteiger partial charge on any atom is 0.0167 e. The highest BCUT2D eigenvalue weighted by Crippen LogP contribution is 2.14. The van der Waals surface area contributed by atoms with E-state index in [-0.39, 0.29) is 0 Å². The summed E-state index contributed by atoms with van der Waals surface area (Å²) in [4.78, 5) is 0. The molecule has 88 valence electrons. The van der Waals surface area contributed by atoms with Crippen molar-refractivity contribution in [3.8, 4) is 0 Å². The molecule has 0 aromatic rings. The van der Waals surface area contributed by atoms with Gasteiger partial charge in [-0.05, 0) is 39.7 Å². The Morgan fingerprint density at radius 1 is 1.00 bits per heavy atom. The van der Waals surface area contributed by atoms with Gasteiger partial charge in [-0.1, -0.05) is 27.7 Å². The third-order valence-corrected chi connectivity index (χ3v) is 4.83. The zero-order valence-electron chi connectivity index (χ0n) is 10.2. The van der Waals surface area contributed by atoms with Crippen LogP contribution in [0.1, 0.15) is 40.5 Å². The molecule has 0 unspecified atom stereocenters. The van der Waals surface area contributed by atoms with Crippen molar-refractivity contribution in [1.29, 1.82) is 0 Å². The van der Waals surface area contributed by atoms with E-state index in [1.807, 2.05) is 39.5 Å². The van der Waals surface area contributed by atoms with Crippen LogP contribution in [0.3, 0.4) is 0 Å². The van der Waals surface area contributed by atoms with Crippen LogP contribution in [0.15, 0.2) is 0 Å². The lowest BCUT2D eigenvalue weighted by Crippen LogP contribution is -2.22. The first-order chi connectivity index (χ1) is 6.71. The summed E-state index contributed by atoms with van der Waals surface area (Å²) in [7, 11) is -1.48. The van der Waals surface area contributed by atoms with Gasteiger partial charge in [0, 0.05) is 11.5 Å². The molecular weight excluding hydrogens is 212 g/mol. The summed E-state index contributed by atoms with van der Waals surface area (Å²) in [6.45, 7) is 8.00. The maximum absolute atomic E-state index is 10.5. The van der Waals surface area contributed by atoms with Gasteiger partial charge in [0.1, 0.15) is 0 Å². The third kappa shape index (κ3) is 10.5. The van der Waals surface area contributed by atoms with Gasteiger partial charge >= 0.3 is 0 Å². The molecule has 0 aromatic heterocycles. The lowest BCUT2D eigenvalue weighted by molar-refractivity contribution is 0.668. The summed E-state index contributed by atoms with van der Waals surface area (Å²) in [6, 6.07) is 0. The van der Waals surface area contributed by atoms with E-state index in [0.717, 1.165) is 17.9 Å². The highest BCUT2D eigenvalue weighted by Gasteiger charge is 2.12. The van der Waals surface area contributed by atoms with Gasteiger partial charge in [-0.25, -0.2) is 0 Å². The van der Waals surface area contributed by atoms with Crippen molar-refractivity contribution in [2.24, 2.45) is 0 Å². The highest BCUT2D eigenvalue weighted by molar-refractivity contribution is 8.01. The third-order valence-electron chi connectivity index (χ3n) is 1.61. The summed E-state index contributed by atoms with van der Waals surface area (Å²) in [5.74, 6) is 8.07. The largest absolute Gasteiger partial charge is 0.268 e. The van der Waals surface area contributed by atoms with E-state index >= 15 is 0 Å². The highest BCUT2D eigenvalue weighted by atomic mass is 32.2. The predicted molar refractivity (Wildman–Crippen MR) is 74.3 cm³/mol. The van der Waals surface area contributed by atoms with Crippen LogP contribution in [0.5, 0.6) is 0 Å². The Morgan fingerprint density at radius 2 is 1.21 bits per heavy atom. The molecule has 2 fully saturated rings. The van der Waals surface area contributed by atoms with Gasteiger partial charge in [0.2, 0.25) is 0 Å².